The number of rotatable bonds is 58. The van der Waals surface area contributed by atoms with Crippen molar-refractivity contribution in [2.45, 2.75) is 303 Å². The lowest BCUT2D eigenvalue weighted by Crippen LogP contribution is -2.30. The number of ether oxygens (including phenoxy) is 3. The van der Waals surface area contributed by atoms with Gasteiger partial charge in [-0.2, -0.15) is 0 Å². The standard InChI is InChI=1S/C72H120O6/c1-4-7-10-13-16-19-22-25-28-30-32-34-36-38-40-42-44-47-50-53-56-59-62-65-71(74)77-68-69(67-76-70(73)64-61-58-55-52-49-46-27-24-21-18-15-12-9-6-3)78-72(75)66-63-60-57-54-51-48-45-43-41-39-37-35-33-31-29-26-23-20-17-14-11-8-5-2/h7,10,15-16,18-19,24-25,27-28,31-34,38,40,44,47,53,56,69H,4-6,8-9,11-14,17,20-23,26,29-30,35-37,39,41-43,45-46,48-52,54-55,57-68H2,1-3H3/b10-7-,18-15-,19-16-,27-24-,28-25-,33-31-,34-32-,40-38-,47-44-,56-53-. The van der Waals surface area contributed by atoms with Crippen LogP contribution in [0.3, 0.4) is 0 Å². The highest BCUT2D eigenvalue weighted by Gasteiger charge is 2.19. The smallest absolute Gasteiger partial charge is 0.306 e. The van der Waals surface area contributed by atoms with Crippen LogP contribution in [-0.2, 0) is 28.6 Å². The first-order valence-corrected chi connectivity index (χ1v) is 32.5. The molecule has 0 radical (unpaired) electrons. The van der Waals surface area contributed by atoms with Gasteiger partial charge in [0, 0.05) is 19.3 Å². The first-order chi connectivity index (χ1) is 38.5. The van der Waals surface area contributed by atoms with Crippen LogP contribution in [0.1, 0.15) is 297 Å². The molecule has 0 aliphatic rings. The van der Waals surface area contributed by atoms with E-state index in [1.165, 1.54) is 135 Å². The summed E-state index contributed by atoms with van der Waals surface area (Å²) in [5.74, 6) is -0.975. The summed E-state index contributed by atoms with van der Waals surface area (Å²) < 4.78 is 16.9. The summed E-state index contributed by atoms with van der Waals surface area (Å²) in [6.45, 7) is 6.44. The molecule has 0 spiro atoms. The molecule has 0 saturated heterocycles. The highest BCUT2D eigenvalue weighted by Crippen LogP contribution is 2.16. The average Bonchev–Trinajstić information content (AvgIpc) is 3.44. The fourth-order valence-electron chi connectivity index (χ4n) is 8.80. The Balaban J connectivity index is 4.45. The predicted octanol–water partition coefficient (Wildman–Crippen LogP) is 22.4. The van der Waals surface area contributed by atoms with Gasteiger partial charge in [0.25, 0.3) is 0 Å². The van der Waals surface area contributed by atoms with Crippen LogP contribution >= 0.6 is 0 Å². The van der Waals surface area contributed by atoms with E-state index in [1.807, 2.05) is 0 Å². The second kappa shape index (κ2) is 65.3. The molecule has 444 valence electrons. The normalized spacial score (nSPS) is 12.9. The average molecular weight is 1080 g/mol. The predicted molar refractivity (Wildman–Crippen MR) is 339 cm³/mol. The van der Waals surface area contributed by atoms with E-state index in [2.05, 4.69) is 142 Å². The zero-order valence-electron chi connectivity index (χ0n) is 50.9. The first kappa shape index (κ1) is 73.8. The number of esters is 3. The van der Waals surface area contributed by atoms with Crippen molar-refractivity contribution in [1.82, 2.24) is 0 Å². The van der Waals surface area contributed by atoms with Crippen LogP contribution in [0.2, 0.25) is 0 Å². The molecule has 78 heavy (non-hydrogen) atoms. The van der Waals surface area contributed by atoms with Crippen molar-refractivity contribution >= 4 is 17.9 Å². The zero-order chi connectivity index (χ0) is 56.4. The first-order valence-electron chi connectivity index (χ1n) is 32.5. The van der Waals surface area contributed by atoms with Crippen molar-refractivity contribution in [3.05, 3.63) is 122 Å². The van der Waals surface area contributed by atoms with E-state index < -0.39 is 6.10 Å². The van der Waals surface area contributed by atoms with Gasteiger partial charge < -0.3 is 14.2 Å². The van der Waals surface area contributed by atoms with Crippen molar-refractivity contribution < 1.29 is 28.6 Å². The minimum atomic E-state index is -0.812. The van der Waals surface area contributed by atoms with Gasteiger partial charge in [-0.15, -0.1) is 0 Å². The van der Waals surface area contributed by atoms with Crippen molar-refractivity contribution in [2.75, 3.05) is 13.2 Å². The molecule has 0 aromatic carbocycles. The molecule has 6 heteroatoms. The number of hydrogen-bond donors (Lipinski definition) is 0. The summed E-state index contributed by atoms with van der Waals surface area (Å²) in [5, 5.41) is 0. The van der Waals surface area contributed by atoms with Crippen LogP contribution < -0.4 is 0 Å². The molecule has 0 bridgehead atoms. The van der Waals surface area contributed by atoms with Crippen LogP contribution in [0, 0.1) is 0 Å². The maximum atomic E-state index is 12.9. The Bertz CT molecular complexity index is 1620. The largest absolute Gasteiger partial charge is 0.462 e. The van der Waals surface area contributed by atoms with E-state index in [9.17, 15) is 14.4 Å². The molecule has 6 nitrogen and oxygen atoms in total. The van der Waals surface area contributed by atoms with E-state index in [-0.39, 0.29) is 37.5 Å². The molecule has 0 fully saturated rings. The number of carbonyl (C=O) groups excluding carboxylic acids is 3. The second-order valence-corrected chi connectivity index (χ2v) is 21.3. The monoisotopic (exact) mass is 1080 g/mol. The topological polar surface area (TPSA) is 78.9 Å². The molecule has 1 unspecified atom stereocenters. The summed E-state index contributed by atoms with van der Waals surface area (Å²) in [6, 6.07) is 0. The summed E-state index contributed by atoms with van der Waals surface area (Å²) in [5.41, 5.74) is 0. The molecule has 0 aromatic rings. The van der Waals surface area contributed by atoms with Gasteiger partial charge in [-0.1, -0.05) is 277 Å². The second-order valence-electron chi connectivity index (χ2n) is 21.3. The van der Waals surface area contributed by atoms with Gasteiger partial charge in [-0.05, 0) is 122 Å². The third-order valence-corrected chi connectivity index (χ3v) is 13.7. The fourth-order valence-corrected chi connectivity index (χ4v) is 8.80. The number of allylic oxidation sites excluding steroid dienone is 20. The van der Waals surface area contributed by atoms with E-state index in [0.29, 0.717) is 19.3 Å². The van der Waals surface area contributed by atoms with Gasteiger partial charge in [0.1, 0.15) is 13.2 Å². The van der Waals surface area contributed by atoms with Crippen LogP contribution in [-0.4, -0.2) is 37.2 Å². The molecule has 0 amide bonds. The molecule has 0 rings (SSSR count). The van der Waals surface area contributed by atoms with Gasteiger partial charge in [0.2, 0.25) is 0 Å². The maximum absolute atomic E-state index is 12.9. The molecule has 0 aliphatic carbocycles. The SMILES string of the molecule is CC/C=C\C/C=C\C/C=C\C/C=C\C/C=C\C/C=C\C/C=C\CCCC(=O)OCC(COC(=O)CCCCCCC/C=C\C/C=C\CCCC)OC(=O)CCCCCCCCCCCCC/C=C\CCCCCCCCCC. The summed E-state index contributed by atoms with van der Waals surface area (Å²) in [4.78, 5) is 38.3. The highest BCUT2D eigenvalue weighted by molar-refractivity contribution is 5.71. The number of unbranched alkanes of at least 4 members (excludes halogenated alkanes) is 27. The minimum Gasteiger partial charge on any atom is -0.462 e. The lowest BCUT2D eigenvalue weighted by atomic mass is 10.0. The summed E-state index contributed by atoms with van der Waals surface area (Å²) >= 11 is 0. The molecule has 0 aliphatic heterocycles. The Kier molecular flexibility index (Phi) is 61.8. The minimum absolute atomic E-state index is 0.105. The van der Waals surface area contributed by atoms with E-state index in [4.69, 9.17) is 14.2 Å². The van der Waals surface area contributed by atoms with Gasteiger partial charge in [-0.3, -0.25) is 14.4 Å². The molecule has 1 atom stereocenters. The van der Waals surface area contributed by atoms with Gasteiger partial charge in [0.15, 0.2) is 6.10 Å². The maximum Gasteiger partial charge on any atom is 0.306 e. The molecular formula is C72H120O6. The number of hydrogen-bond acceptors (Lipinski definition) is 6. The van der Waals surface area contributed by atoms with Crippen molar-refractivity contribution in [2.24, 2.45) is 0 Å². The van der Waals surface area contributed by atoms with Gasteiger partial charge in [-0.25, -0.2) is 0 Å². The molecule has 0 saturated carbocycles. The Hall–Kier alpha value is -4.19. The molecule has 0 N–H and O–H groups in total. The van der Waals surface area contributed by atoms with Crippen molar-refractivity contribution in [3.8, 4) is 0 Å². The lowest BCUT2D eigenvalue weighted by molar-refractivity contribution is -0.167. The highest BCUT2D eigenvalue weighted by atomic mass is 16.6. The van der Waals surface area contributed by atoms with Gasteiger partial charge >= 0.3 is 17.9 Å². The lowest BCUT2D eigenvalue weighted by Gasteiger charge is -2.18. The van der Waals surface area contributed by atoms with E-state index >= 15 is 0 Å². The Labute approximate surface area is 482 Å². The fraction of sp³-hybridized carbons (Fsp3) is 0.681. The quantitative estimate of drug-likeness (QED) is 0.0261. The summed E-state index contributed by atoms with van der Waals surface area (Å²) in [7, 11) is 0. The van der Waals surface area contributed by atoms with Crippen LogP contribution in [0.4, 0.5) is 0 Å². The number of carbonyl (C=O) groups is 3. The van der Waals surface area contributed by atoms with E-state index in [1.54, 1.807) is 0 Å². The molecule has 0 heterocycles. The zero-order valence-corrected chi connectivity index (χ0v) is 50.9. The van der Waals surface area contributed by atoms with Crippen LogP contribution in [0.25, 0.3) is 0 Å². The van der Waals surface area contributed by atoms with Crippen LogP contribution in [0.5, 0.6) is 0 Å². The Morgan fingerprint density at radius 1 is 0.269 bits per heavy atom. The third-order valence-electron chi connectivity index (χ3n) is 13.7. The van der Waals surface area contributed by atoms with Crippen molar-refractivity contribution in [1.29, 1.82) is 0 Å². The Morgan fingerprint density at radius 2 is 0.526 bits per heavy atom. The van der Waals surface area contributed by atoms with Crippen LogP contribution in [0.15, 0.2) is 122 Å². The molecular weight excluding hydrogens is 961 g/mol. The molecule has 0 aromatic heterocycles. The van der Waals surface area contributed by atoms with Crippen molar-refractivity contribution in [3.63, 3.8) is 0 Å². The summed E-state index contributed by atoms with van der Waals surface area (Å²) in [6.07, 6.45) is 90.7. The Morgan fingerprint density at radius 3 is 0.885 bits per heavy atom. The third kappa shape index (κ3) is 62.7. The van der Waals surface area contributed by atoms with E-state index in [0.717, 1.165) is 116 Å². The van der Waals surface area contributed by atoms with Gasteiger partial charge in [0.05, 0.1) is 0 Å².